The smallest absolute Gasteiger partial charge is 0.237 e. The Morgan fingerprint density at radius 2 is 2.15 bits per heavy atom. The van der Waals surface area contributed by atoms with Crippen LogP contribution in [0.1, 0.15) is 19.8 Å². The fraction of sp³-hybridized carbons (Fsp3) is 0.722. The molecule has 27 heavy (non-hydrogen) atoms. The van der Waals surface area contributed by atoms with E-state index in [1.54, 1.807) is 19.3 Å². The number of aliphatic hydroxyl groups excluding tert-OH is 3. The zero-order valence-electron chi connectivity index (χ0n) is 15.5. The Bertz CT molecular complexity index is 560. The zero-order chi connectivity index (χ0) is 20.1. The van der Waals surface area contributed by atoms with E-state index in [1.807, 2.05) is 6.08 Å². The normalized spacial score (nSPS) is 36.9. The highest BCUT2D eigenvalue weighted by Gasteiger charge is 2.48. The molecule has 1 saturated heterocycles. The van der Waals surface area contributed by atoms with Gasteiger partial charge in [0.2, 0.25) is 5.91 Å². The molecular formula is C18H29ClN2O5S. The quantitative estimate of drug-likeness (QED) is 0.388. The number of allylic oxidation sites excluding steroid dienone is 1. The molecule has 2 aliphatic rings. The highest BCUT2D eigenvalue weighted by atomic mass is 35.5. The Morgan fingerprint density at radius 1 is 1.44 bits per heavy atom. The molecule has 1 amide bonds. The number of ether oxygens (including phenoxy) is 1. The molecule has 2 aliphatic heterocycles. The molecule has 3 unspecified atom stereocenters. The van der Waals surface area contributed by atoms with Crippen molar-refractivity contribution in [1.82, 2.24) is 10.6 Å². The highest BCUT2D eigenvalue weighted by molar-refractivity contribution is 7.99. The van der Waals surface area contributed by atoms with E-state index in [1.165, 1.54) is 11.8 Å². The third-order valence-electron chi connectivity index (χ3n) is 5.00. The molecule has 0 radical (unpaired) electrons. The maximum atomic E-state index is 12.8. The molecule has 0 aromatic rings. The Labute approximate surface area is 169 Å². The van der Waals surface area contributed by atoms with Gasteiger partial charge in [-0.2, -0.15) is 0 Å². The standard InChI is InChI=1S/C18H29ClN2O5S/c1-4-10-5-6-11(20-8-7-10)17(25)21-12(9(2)19)16-14(23)13(22)15(24)18(26-16)27-3/h4-5,9,11-16,18,20,22-24H,1,6-8H2,2-3H3,(H,21,25)/t9-,11-,12+,13?,14?,15+,16+,18?/m0/s1. The van der Waals surface area contributed by atoms with E-state index < -0.39 is 47.3 Å². The lowest BCUT2D eigenvalue weighted by Crippen LogP contribution is -2.65. The van der Waals surface area contributed by atoms with Crippen molar-refractivity contribution in [2.24, 2.45) is 0 Å². The Hall–Kier alpha value is -0.610. The van der Waals surface area contributed by atoms with E-state index in [9.17, 15) is 20.1 Å². The summed E-state index contributed by atoms with van der Waals surface area (Å²) in [5, 5.41) is 36.0. The Balaban J connectivity index is 2.11. The molecule has 8 atom stereocenters. The Kier molecular flexibility index (Phi) is 8.61. The molecule has 0 spiro atoms. The summed E-state index contributed by atoms with van der Waals surface area (Å²) in [5.41, 5.74) is 0.364. The van der Waals surface area contributed by atoms with Crippen molar-refractivity contribution in [1.29, 1.82) is 0 Å². The molecule has 0 aromatic carbocycles. The van der Waals surface area contributed by atoms with Crippen molar-refractivity contribution in [3.05, 3.63) is 24.3 Å². The fourth-order valence-electron chi connectivity index (χ4n) is 3.32. The van der Waals surface area contributed by atoms with Crippen molar-refractivity contribution in [3.8, 4) is 0 Å². The van der Waals surface area contributed by atoms with Crippen LogP contribution in [0.25, 0.3) is 0 Å². The molecule has 5 N–H and O–H groups in total. The van der Waals surface area contributed by atoms with E-state index in [0.717, 1.165) is 12.0 Å². The lowest BCUT2D eigenvalue weighted by Gasteiger charge is -2.44. The molecule has 0 saturated carbocycles. The van der Waals surface area contributed by atoms with Gasteiger partial charge in [-0.3, -0.25) is 4.79 Å². The van der Waals surface area contributed by atoms with Crippen LogP contribution in [-0.2, 0) is 9.53 Å². The molecule has 0 aromatic heterocycles. The second-order valence-corrected chi connectivity index (χ2v) is 8.49. The van der Waals surface area contributed by atoms with Gasteiger partial charge in [0.25, 0.3) is 0 Å². The average molecular weight is 421 g/mol. The van der Waals surface area contributed by atoms with Crippen molar-refractivity contribution < 1.29 is 24.9 Å². The van der Waals surface area contributed by atoms with Crippen LogP contribution in [0.5, 0.6) is 0 Å². The van der Waals surface area contributed by atoms with Crippen molar-refractivity contribution in [2.45, 2.75) is 67.1 Å². The zero-order valence-corrected chi connectivity index (χ0v) is 17.1. The van der Waals surface area contributed by atoms with E-state index >= 15 is 0 Å². The molecule has 0 aliphatic carbocycles. The topological polar surface area (TPSA) is 111 Å². The maximum absolute atomic E-state index is 12.8. The van der Waals surface area contributed by atoms with Gasteiger partial charge in [0.15, 0.2) is 0 Å². The maximum Gasteiger partial charge on any atom is 0.237 e. The van der Waals surface area contributed by atoms with Crippen LogP contribution in [-0.4, -0.2) is 81.3 Å². The van der Waals surface area contributed by atoms with Gasteiger partial charge in [-0.25, -0.2) is 0 Å². The summed E-state index contributed by atoms with van der Waals surface area (Å²) in [6.07, 6.45) is 1.88. The minimum absolute atomic E-state index is 0.258. The summed E-state index contributed by atoms with van der Waals surface area (Å²) >= 11 is 7.49. The van der Waals surface area contributed by atoms with Crippen molar-refractivity contribution in [3.63, 3.8) is 0 Å². The molecule has 0 bridgehead atoms. The molecule has 2 rings (SSSR count). The summed E-state index contributed by atoms with van der Waals surface area (Å²) in [6.45, 7) is 6.10. The average Bonchev–Trinajstić information content (AvgIpc) is 2.90. The first kappa shape index (κ1) is 22.7. The number of nitrogens with one attached hydrogen (secondary N) is 2. The SMILES string of the molecule is C=CC1=CC[C@@H](C(=O)N[C@H]([C@H](C)Cl)[C@H]2OC(SC)[C@H](O)C(O)C2O)NCC1. The number of rotatable bonds is 6. The van der Waals surface area contributed by atoms with E-state index in [4.69, 9.17) is 16.3 Å². The minimum atomic E-state index is -1.38. The van der Waals surface area contributed by atoms with Crippen LogP contribution in [0, 0.1) is 0 Å². The number of aliphatic hydroxyl groups is 3. The molecule has 154 valence electrons. The molecular weight excluding hydrogens is 392 g/mol. The Morgan fingerprint density at radius 3 is 2.74 bits per heavy atom. The van der Waals surface area contributed by atoms with Crippen molar-refractivity contribution in [2.75, 3.05) is 12.8 Å². The lowest BCUT2D eigenvalue weighted by atomic mass is 9.93. The van der Waals surface area contributed by atoms with Crippen LogP contribution < -0.4 is 10.6 Å². The summed E-state index contributed by atoms with van der Waals surface area (Å²) in [7, 11) is 0. The molecule has 7 nitrogen and oxygen atoms in total. The van der Waals surface area contributed by atoms with Gasteiger partial charge in [0.1, 0.15) is 29.9 Å². The number of hydrogen-bond donors (Lipinski definition) is 5. The molecule has 1 fully saturated rings. The third-order valence-corrected chi connectivity index (χ3v) is 6.12. The summed E-state index contributed by atoms with van der Waals surface area (Å²) in [5.74, 6) is -0.258. The van der Waals surface area contributed by atoms with Gasteiger partial charge in [0.05, 0.1) is 17.5 Å². The van der Waals surface area contributed by atoms with Gasteiger partial charge in [-0.15, -0.1) is 23.4 Å². The minimum Gasteiger partial charge on any atom is -0.388 e. The summed E-state index contributed by atoms with van der Waals surface area (Å²) in [6, 6.07) is -1.17. The first-order chi connectivity index (χ1) is 12.8. The largest absolute Gasteiger partial charge is 0.388 e. The predicted octanol–water partition coefficient (Wildman–Crippen LogP) is 0.134. The fourth-order valence-corrected chi connectivity index (χ4v) is 4.20. The second kappa shape index (κ2) is 10.2. The van der Waals surface area contributed by atoms with E-state index in [2.05, 4.69) is 17.2 Å². The summed E-state index contributed by atoms with van der Waals surface area (Å²) < 4.78 is 5.76. The lowest BCUT2D eigenvalue weighted by molar-refractivity contribution is -0.205. The highest BCUT2D eigenvalue weighted by Crippen LogP contribution is 2.30. The van der Waals surface area contributed by atoms with Crippen molar-refractivity contribution >= 4 is 29.3 Å². The third kappa shape index (κ3) is 5.47. The number of halogens is 1. The van der Waals surface area contributed by atoms with Crippen LogP contribution in [0.15, 0.2) is 24.3 Å². The van der Waals surface area contributed by atoms with Gasteiger partial charge < -0.3 is 30.7 Å². The van der Waals surface area contributed by atoms with Crippen LogP contribution in [0.2, 0.25) is 0 Å². The monoisotopic (exact) mass is 420 g/mol. The first-order valence-electron chi connectivity index (χ1n) is 9.01. The van der Waals surface area contributed by atoms with Gasteiger partial charge in [-0.05, 0) is 32.6 Å². The number of carbonyl (C=O) groups is 1. The van der Waals surface area contributed by atoms with Gasteiger partial charge in [-0.1, -0.05) is 24.3 Å². The number of amides is 1. The predicted molar refractivity (Wildman–Crippen MR) is 107 cm³/mol. The van der Waals surface area contributed by atoms with E-state index in [0.29, 0.717) is 13.0 Å². The number of carbonyl (C=O) groups excluding carboxylic acids is 1. The van der Waals surface area contributed by atoms with E-state index in [-0.39, 0.29) is 5.91 Å². The van der Waals surface area contributed by atoms with Crippen LogP contribution in [0.4, 0.5) is 0 Å². The molecule has 9 heteroatoms. The number of thioether (sulfide) groups is 1. The number of hydrogen-bond acceptors (Lipinski definition) is 7. The summed E-state index contributed by atoms with van der Waals surface area (Å²) in [4.78, 5) is 12.8. The first-order valence-corrected chi connectivity index (χ1v) is 10.7. The number of alkyl halides is 1. The van der Waals surface area contributed by atoms with Crippen LogP contribution in [0.3, 0.4) is 0 Å². The van der Waals surface area contributed by atoms with Crippen LogP contribution >= 0.6 is 23.4 Å². The molecule has 2 heterocycles. The van der Waals surface area contributed by atoms with Gasteiger partial charge >= 0.3 is 0 Å². The second-order valence-electron chi connectivity index (χ2n) is 6.86. The van der Waals surface area contributed by atoms with Gasteiger partial charge in [0, 0.05) is 0 Å².